The Bertz CT molecular complexity index is 593. The van der Waals surface area contributed by atoms with E-state index in [9.17, 15) is 4.39 Å². The SMILES string of the molecule is CC(NC1CCc2ccccc2C1)c1ccccc1F. The highest BCUT2D eigenvalue weighted by molar-refractivity contribution is 5.30. The fourth-order valence-corrected chi connectivity index (χ4v) is 3.11. The molecule has 2 unspecified atom stereocenters. The summed E-state index contributed by atoms with van der Waals surface area (Å²) in [6.07, 6.45) is 3.27. The van der Waals surface area contributed by atoms with Crippen LogP contribution in [-0.2, 0) is 12.8 Å². The lowest BCUT2D eigenvalue weighted by molar-refractivity contribution is 0.405. The number of rotatable bonds is 3. The predicted octanol–water partition coefficient (Wildman–Crippen LogP) is 4.03. The van der Waals surface area contributed by atoms with Crippen molar-refractivity contribution in [2.45, 2.75) is 38.3 Å². The van der Waals surface area contributed by atoms with Crippen molar-refractivity contribution in [2.24, 2.45) is 0 Å². The highest BCUT2D eigenvalue weighted by Gasteiger charge is 2.20. The van der Waals surface area contributed by atoms with Gasteiger partial charge in [0.05, 0.1) is 0 Å². The Morgan fingerprint density at radius 2 is 1.75 bits per heavy atom. The number of nitrogens with one attached hydrogen (secondary N) is 1. The van der Waals surface area contributed by atoms with Crippen LogP contribution in [0, 0.1) is 5.82 Å². The number of aryl methyl sites for hydroxylation is 1. The maximum Gasteiger partial charge on any atom is 0.127 e. The molecule has 0 heterocycles. The third-order valence-electron chi connectivity index (χ3n) is 4.20. The van der Waals surface area contributed by atoms with E-state index in [0.717, 1.165) is 24.8 Å². The summed E-state index contributed by atoms with van der Waals surface area (Å²) < 4.78 is 13.8. The zero-order valence-electron chi connectivity index (χ0n) is 11.8. The van der Waals surface area contributed by atoms with E-state index in [2.05, 4.69) is 29.6 Å². The maximum atomic E-state index is 13.8. The molecule has 2 atom stereocenters. The zero-order chi connectivity index (χ0) is 13.9. The molecule has 0 spiro atoms. The normalized spacial score (nSPS) is 19.4. The van der Waals surface area contributed by atoms with Crippen LogP contribution in [0.25, 0.3) is 0 Å². The van der Waals surface area contributed by atoms with Crippen LogP contribution < -0.4 is 5.32 Å². The average molecular weight is 269 g/mol. The molecule has 104 valence electrons. The first-order valence-electron chi connectivity index (χ1n) is 7.31. The van der Waals surface area contributed by atoms with Crippen molar-refractivity contribution in [2.75, 3.05) is 0 Å². The molecular weight excluding hydrogens is 249 g/mol. The van der Waals surface area contributed by atoms with Gasteiger partial charge in [0, 0.05) is 17.6 Å². The van der Waals surface area contributed by atoms with Gasteiger partial charge >= 0.3 is 0 Å². The molecule has 20 heavy (non-hydrogen) atoms. The third kappa shape index (κ3) is 2.75. The average Bonchev–Trinajstić information content (AvgIpc) is 2.47. The monoisotopic (exact) mass is 269 g/mol. The van der Waals surface area contributed by atoms with E-state index >= 15 is 0 Å². The van der Waals surface area contributed by atoms with Crippen LogP contribution in [0.5, 0.6) is 0 Å². The minimum absolute atomic E-state index is 0.0477. The second-order valence-electron chi connectivity index (χ2n) is 5.62. The van der Waals surface area contributed by atoms with E-state index in [1.807, 2.05) is 19.1 Å². The standard InChI is InChI=1S/C18H20FN/c1-13(17-8-4-5-9-18(17)19)20-16-11-10-14-6-2-3-7-15(14)12-16/h2-9,13,16,20H,10-12H2,1H3. The second kappa shape index (κ2) is 5.76. The molecule has 0 aliphatic heterocycles. The molecule has 0 radical (unpaired) electrons. The maximum absolute atomic E-state index is 13.8. The molecule has 0 fully saturated rings. The molecule has 3 rings (SSSR count). The molecule has 2 heteroatoms. The lowest BCUT2D eigenvalue weighted by Crippen LogP contribution is -2.36. The number of benzene rings is 2. The van der Waals surface area contributed by atoms with Crippen molar-refractivity contribution < 1.29 is 4.39 Å². The number of hydrogen-bond donors (Lipinski definition) is 1. The van der Waals surface area contributed by atoms with Crippen molar-refractivity contribution >= 4 is 0 Å². The van der Waals surface area contributed by atoms with Gasteiger partial charge in [-0.15, -0.1) is 0 Å². The van der Waals surface area contributed by atoms with Crippen LogP contribution >= 0.6 is 0 Å². The number of hydrogen-bond acceptors (Lipinski definition) is 1. The Morgan fingerprint density at radius 1 is 1.05 bits per heavy atom. The molecule has 0 saturated carbocycles. The van der Waals surface area contributed by atoms with Crippen LogP contribution in [0.4, 0.5) is 4.39 Å². The molecule has 1 aliphatic carbocycles. The summed E-state index contributed by atoms with van der Waals surface area (Å²) in [6.45, 7) is 2.04. The highest BCUT2D eigenvalue weighted by Crippen LogP contribution is 2.24. The van der Waals surface area contributed by atoms with Crippen LogP contribution in [0.1, 0.15) is 36.1 Å². The number of halogens is 1. The fraction of sp³-hybridized carbons (Fsp3) is 0.333. The van der Waals surface area contributed by atoms with Crippen LogP contribution in [-0.4, -0.2) is 6.04 Å². The topological polar surface area (TPSA) is 12.0 Å². The molecule has 2 aromatic rings. The van der Waals surface area contributed by atoms with Crippen molar-refractivity contribution in [3.63, 3.8) is 0 Å². The number of fused-ring (bicyclic) bond motifs is 1. The molecule has 1 N–H and O–H groups in total. The van der Waals surface area contributed by atoms with Gasteiger partial charge in [-0.1, -0.05) is 42.5 Å². The van der Waals surface area contributed by atoms with Crippen LogP contribution in [0.3, 0.4) is 0 Å². The van der Waals surface area contributed by atoms with E-state index in [-0.39, 0.29) is 11.9 Å². The molecule has 0 aromatic heterocycles. The Kier molecular flexibility index (Phi) is 3.83. The summed E-state index contributed by atoms with van der Waals surface area (Å²) in [7, 11) is 0. The van der Waals surface area contributed by atoms with Gasteiger partial charge in [0.1, 0.15) is 5.82 Å². The molecule has 0 amide bonds. The van der Waals surface area contributed by atoms with Crippen LogP contribution in [0.15, 0.2) is 48.5 Å². The smallest absolute Gasteiger partial charge is 0.127 e. The predicted molar refractivity (Wildman–Crippen MR) is 80.2 cm³/mol. The summed E-state index contributed by atoms with van der Waals surface area (Å²) in [6, 6.07) is 16.1. The van der Waals surface area contributed by atoms with Crippen LogP contribution in [0.2, 0.25) is 0 Å². The first-order chi connectivity index (χ1) is 9.74. The Morgan fingerprint density at radius 3 is 2.55 bits per heavy atom. The van der Waals surface area contributed by atoms with Crippen molar-refractivity contribution in [3.8, 4) is 0 Å². The minimum Gasteiger partial charge on any atom is -0.307 e. The highest BCUT2D eigenvalue weighted by atomic mass is 19.1. The fourth-order valence-electron chi connectivity index (χ4n) is 3.11. The molecule has 0 saturated heterocycles. The summed E-state index contributed by atoms with van der Waals surface area (Å²) in [5.74, 6) is -0.122. The van der Waals surface area contributed by atoms with Crippen molar-refractivity contribution in [3.05, 3.63) is 71.0 Å². The molecule has 1 nitrogen and oxygen atoms in total. The Hall–Kier alpha value is -1.67. The van der Waals surface area contributed by atoms with Crippen molar-refractivity contribution in [1.29, 1.82) is 0 Å². The summed E-state index contributed by atoms with van der Waals surface area (Å²) in [4.78, 5) is 0. The summed E-state index contributed by atoms with van der Waals surface area (Å²) >= 11 is 0. The van der Waals surface area contributed by atoms with Crippen molar-refractivity contribution in [1.82, 2.24) is 5.32 Å². The van der Waals surface area contributed by atoms with Gasteiger partial charge in [-0.05, 0) is 43.4 Å². The van der Waals surface area contributed by atoms with E-state index in [1.54, 1.807) is 6.07 Å². The van der Waals surface area contributed by atoms with Gasteiger partial charge in [-0.25, -0.2) is 4.39 Å². The van der Waals surface area contributed by atoms with E-state index < -0.39 is 0 Å². The first-order valence-corrected chi connectivity index (χ1v) is 7.31. The minimum atomic E-state index is -0.122. The lowest BCUT2D eigenvalue weighted by atomic mass is 9.88. The quantitative estimate of drug-likeness (QED) is 0.887. The molecule has 1 aliphatic rings. The molecule has 2 aromatic carbocycles. The van der Waals surface area contributed by atoms with E-state index in [4.69, 9.17) is 0 Å². The molecular formula is C18H20FN. The van der Waals surface area contributed by atoms with Gasteiger partial charge in [0.15, 0.2) is 0 Å². The summed E-state index contributed by atoms with van der Waals surface area (Å²) in [5, 5.41) is 3.58. The Balaban J connectivity index is 1.69. The summed E-state index contributed by atoms with van der Waals surface area (Å²) in [5.41, 5.74) is 3.65. The van der Waals surface area contributed by atoms with Gasteiger partial charge in [-0.2, -0.15) is 0 Å². The van der Waals surface area contributed by atoms with Gasteiger partial charge in [-0.3, -0.25) is 0 Å². The molecule has 0 bridgehead atoms. The van der Waals surface area contributed by atoms with E-state index in [0.29, 0.717) is 6.04 Å². The first kappa shape index (κ1) is 13.3. The Labute approximate surface area is 119 Å². The van der Waals surface area contributed by atoms with Gasteiger partial charge < -0.3 is 5.32 Å². The third-order valence-corrected chi connectivity index (χ3v) is 4.20. The zero-order valence-corrected chi connectivity index (χ0v) is 11.8. The van der Waals surface area contributed by atoms with Gasteiger partial charge in [0.25, 0.3) is 0 Å². The van der Waals surface area contributed by atoms with Gasteiger partial charge in [0.2, 0.25) is 0 Å². The van der Waals surface area contributed by atoms with E-state index in [1.165, 1.54) is 17.2 Å². The largest absolute Gasteiger partial charge is 0.307 e. The lowest BCUT2D eigenvalue weighted by Gasteiger charge is -2.28. The second-order valence-corrected chi connectivity index (χ2v) is 5.62.